The van der Waals surface area contributed by atoms with Crippen LogP contribution in [0.3, 0.4) is 0 Å². The Balaban J connectivity index is 2.16. The van der Waals surface area contributed by atoms with E-state index in [0.29, 0.717) is 6.04 Å². The fourth-order valence-corrected chi connectivity index (χ4v) is 1.24. The average Bonchev–Trinajstić information content (AvgIpc) is 1.94. The van der Waals surface area contributed by atoms with Crippen LogP contribution in [0, 0.1) is 0 Å². The lowest BCUT2D eigenvalue weighted by Gasteiger charge is -2.37. The molecule has 0 bridgehead atoms. The molecule has 0 spiro atoms. The first kappa shape index (κ1) is 8.81. The van der Waals surface area contributed by atoms with Gasteiger partial charge in [-0.2, -0.15) is 0 Å². The molecule has 1 rings (SSSR count). The number of carbonyl (C=O) groups excluding carboxylic acids is 1. The van der Waals surface area contributed by atoms with Gasteiger partial charge in [-0.25, -0.2) is 0 Å². The second-order valence-corrected chi connectivity index (χ2v) is 3.31. The quantitative estimate of drug-likeness (QED) is 0.507. The second kappa shape index (κ2) is 3.93. The number of thiol groups is 1. The van der Waals surface area contributed by atoms with Crippen LogP contribution in [0.5, 0.6) is 0 Å². The normalized spacial score (nSPS) is 25.5. The summed E-state index contributed by atoms with van der Waals surface area (Å²) in [5.74, 6) is 0. The molecule has 0 aromatic rings. The molecule has 11 heavy (non-hydrogen) atoms. The molecule has 2 nitrogen and oxygen atoms in total. The molecule has 0 amide bonds. The third-order valence-corrected chi connectivity index (χ3v) is 2.21. The van der Waals surface area contributed by atoms with Crippen LogP contribution in [0.4, 0.5) is 0 Å². The van der Waals surface area contributed by atoms with Gasteiger partial charge in [-0.05, 0) is 19.4 Å². The molecule has 1 fully saturated rings. The molecular formula is C8H13NOS. The van der Waals surface area contributed by atoms with Gasteiger partial charge in [-0.3, -0.25) is 9.69 Å². The van der Waals surface area contributed by atoms with Gasteiger partial charge in [-0.15, -0.1) is 12.6 Å². The summed E-state index contributed by atoms with van der Waals surface area (Å²) in [6.45, 7) is 4.24. The third-order valence-electron chi connectivity index (χ3n) is 2.06. The SMILES string of the molecule is C[C@@H]1CCN1C/C=C/C(=O)S. The zero-order valence-electron chi connectivity index (χ0n) is 6.66. The monoisotopic (exact) mass is 171 g/mol. The molecule has 1 saturated heterocycles. The molecule has 1 aliphatic rings. The molecule has 3 heteroatoms. The minimum atomic E-state index is -0.168. The van der Waals surface area contributed by atoms with Crippen molar-refractivity contribution in [2.75, 3.05) is 13.1 Å². The van der Waals surface area contributed by atoms with Gasteiger partial charge in [0.2, 0.25) is 5.12 Å². The summed E-state index contributed by atoms with van der Waals surface area (Å²) >= 11 is 3.63. The number of hydrogen-bond acceptors (Lipinski definition) is 2. The van der Waals surface area contributed by atoms with E-state index in [0.717, 1.165) is 13.1 Å². The minimum Gasteiger partial charge on any atom is -0.297 e. The number of carbonyl (C=O) groups is 1. The Bertz CT molecular complexity index is 179. The molecule has 0 radical (unpaired) electrons. The van der Waals surface area contributed by atoms with E-state index in [2.05, 4.69) is 24.5 Å². The van der Waals surface area contributed by atoms with Crippen LogP contribution in [0.1, 0.15) is 13.3 Å². The van der Waals surface area contributed by atoms with Crippen LogP contribution in [-0.2, 0) is 4.79 Å². The van der Waals surface area contributed by atoms with Crippen molar-refractivity contribution in [1.29, 1.82) is 0 Å². The van der Waals surface area contributed by atoms with Crippen LogP contribution in [-0.4, -0.2) is 29.1 Å². The third kappa shape index (κ3) is 2.67. The summed E-state index contributed by atoms with van der Waals surface area (Å²) < 4.78 is 0. The van der Waals surface area contributed by atoms with Crippen LogP contribution in [0.15, 0.2) is 12.2 Å². The van der Waals surface area contributed by atoms with Crippen molar-refractivity contribution in [3.05, 3.63) is 12.2 Å². The standard InChI is InChI=1S/C8H13NOS/c1-7-4-6-9(7)5-2-3-8(10)11/h2-3,7H,4-6H2,1H3,(H,10,11)/b3-2+/t7-/m1/s1. The summed E-state index contributed by atoms with van der Waals surface area (Å²) in [7, 11) is 0. The first-order valence-electron chi connectivity index (χ1n) is 3.83. The molecule has 0 N–H and O–H groups in total. The summed E-state index contributed by atoms with van der Waals surface area (Å²) in [4.78, 5) is 12.7. The first-order valence-corrected chi connectivity index (χ1v) is 4.28. The summed E-state index contributed by atoms with van der Waals surface area (Å²) in [5, 5.41) is -0.168. The highest BCUT2D eigenvalue weighted by Gasteiger charge is 2.21. The highest BCUT2D eigenvalue weighted by Crippen LogP contribution is 2.15. The molecule has 1 heterocycles. The van der Waals surface area contributed by atoms with E-state index in [9.17, 15) is 4.79 Å². The van der Waals surface area contributed by atoms with E-state index in [1.54, 1.807) is 0 Å². The molecule has 1 aliphatic heterocycles. The molecule has 0 aromatic carbocycles. The van der Waals surface area contributed by atoms with Gasteiger partial charge >= 0.3 is 0 Å². The van der Waals surface area contributed by atoms with Gasteiger partial charge in [0.05, 0.1) is 0 Å². The lowest BCUT2D eigenvalue weighted by atomic mass is 10.1. The molecule has 62 valence electrons. The highest BCUT2D eigenvalue weighted by molar-refractivity contribution is 7.97. The lowest BCUT2D eigenvalue weighted by Crippen LogP contribution is -2.45. The number of hydrogen-bond donors (Lipinski definition) is 1. The Labute approximate surface area is 72.7 Å². The molecule has 0 aliphatic carbocycles. The Morgan fingerprint density at radius 2 is 2.55 bits per heavy atom. The van der Waals surface area contributed by atoms with Crippen molar-refractivity contribution in [3.8, 4) is 0 Å². The Kier molecular flexibility index (Phi) is 3.15. The van der Waals surface area contributed by atoms with Crippen molar-refractivity contribution >= 4 is 17.7 Å². The summed E-state index contributed by atoms with van der Waals surface area (Å²) in [6, 6.07) is 0.690. The lowest BCUT2D eigenvalue weighted by molar-refractivity contribution is -0.106. The molecular weight excluding hydrogens is 158 g/mol. The van der Waals surface area contributed by atoms with Crippen molar-refractivity contribution in [2.24, 2.45) is 0 Å². The van der Waals surface area contributed by atoms with Gasteiger partial charge in [0.1, 0.15) is 0 Å². The largest absolute Gasteiger partial charge is 0.297 e. The van der Waals surface area contributed by atoms with E-state index in [-0.39, 0.29) is 5.12 Å². The fourth-order valence-electron chi connectivity index (χ4n) is 1.13. The summed E-state index contributed by atoms with van der Waals surface area (Å²) in [6.07, 6.45) is 4.65. The first-order chi connectivity index (χ1) is 5.20. The molecule has 1 atom stereocenters. The van der Waals surface area contributed by atoms with Crippen LogP contribution < -0.4 is 0 Å². The van der Waals surface area contributed by atoms with Gasteiger partial charge in [0.15, 0.2) is 0 Å². The maximum atomic E-state index is 10.4. The van der Waals surface area contributed by atoms with E-state index < -0.39 is 0 Å². The Morgan fingerprint density at radius 3 is 2.91 bits per heavy atom. The van der Waals surface area contributed by atoms with Gasteiger partial charge in [0.25, 0.3) is 0 Å². The maximum absolute atomic E-state index is 10.4. The fraction of sp³-hybridized carbons (Fsp3) is 0.625. The van der Waals surface area contributed by atoms with E-state index in [1.165, 1.54) is 12.5 Å². The van der Waals surface area contributed by atoms with Gasteiger partial charge < -0.3 is 0 Å². The van der Waals surface area contributed by atoms with Gasteiger partial charge in [0, 0.05) is 19.1 Å². The maximum Gasteiger partial charge on any atom is 0.208 e. The van der Waals surface area contributed by atoms with Gasteiger partial charge in [-0.1, -0.05) is 6.08 Å². The Hall–Kier alpha value is -0.280. The predicted octanol–water partition coefficient (Wildman–Crippen LogP) is 1.09. The van der Waals surface area contributed by atoms with Crippen molar-refractivity contribution in [1.82, 2.24) is 4.90 Å². The van der Waals surface area contributed by atoms with E-state index in [4.69, 9.17) is 0 Å². The zero-order valence-corrected chi connectivity index (χ0v) is 7.55. The van der Waals surface area contributed by atoms with Crippen molar-refractivity contribution in [3.63, 3.8) is 0 Å². The van der Waals surface area contributed by atoms with E-state index in [1.807, 2.05) is 6.08 Å². The number of nitrogens with zero attached hydrogens (tertiary/aromatic N) is 1. The summed E-state index contributed by atoms with van der Waals surface area (Å²) in [5.41, 5.74) is 0. The number of rotatable bonds is 3. The van der Waals surface area contributed by atoms with Crippen LogP contribution in [0.25, 0.3) is 0 Å². The molecule has 0 unspecified atom stereocenters. The van der Waals surface area contributed by atoms with Crippen LogP contribution in [0.2, 0.25) is 0 Å². The van der Waals surface area contributed by atoms with E-state index >= 15 is 0 Å². The number of likely N-dealkylation sites (tertiary alicyclic amines) is 1. The smallest absolute Gasteiger partial charge is 0.208 e. The topological polar surface area (TPSA) is 20.3 Å². The predicted molar refractivity (Wildman–Crippen MR) is 48.8 cm³/mol. The van der Waals surface area contributed by atoms with Crippen molar-refractivity contribution < 1.29 is 4.79 Å². The van der Waals surface area contributed by atoms with Crippen molar-refractivity contribution in [2.45, 2.75) is 19.4 Å². The van der Waals surface area contributed by atoms with Crippen LogP contribution >= 0.6 is 12.6 Å². The zero-order chi connectivity index (χ0) is 8.27. The Morgan fingerprint density at radius 1 is 1.82 bits per heavy atom. The minimum absolute atomic E-state index is 0.168. The highest BCUT2D eigenvalue weighted by atomic mass is 32.1. The molecule has 0 saturated carbocycles. The average molecular weight is 171 g/mol. The molecule has 0 aromatic heterocycles. The second-order valence-electron chi connectivity index (χ2n) is 2.87.